The Kier molecular flexibility index (Phi) is 4.15. The molecule has 3 nitrogen and oxygen atoms in total. The third-order valence-electron chi connectivity index (χ3n) is 4.23. The van der Waals surface area contributed by atoms with Crippen molar-refractivity contribution in [3.05, 3.63) is 40.9 Å². The number of imidazole rings is 1. The Morgan fingerprint density at radius 2 is 1.62 bits per heavy atom. The lowest BCUT2D eigenvalue weighted by Crippen LogP contribution is -2.29. The van der Waals surface area contributed by atoms with Crippen molar-refractivity contribution >= 4 is 17.9 Å². The van der Waals surface area contributed by atoms with E-state index in [1.54, 1.807) is 0 Å². The maximum atomic E-state index is 5.43. The smallest absolute Gasteiger partial charge is 0.182 e. The highest BCUT2D eigenvalue weighted by Crippen LogP contribution is 2.24. The zero-order chi connectivity index (χ0) is 14.8. The third kappa shape index (κ3) is 2.91. The van der Waals surface area contributed by atoms with Crippen LogP contribution in [0.4, 0.5) is 5.69 Å². The van der Waals surface area contributed by atoms with Crippen LogP contribution < -0.4 is 4.90 Å². The van der Waals surface area contributed by atoms with Crippen molar-refractivity contribution in [3.8, 4) is 5.69 Å². The number of hydrogen-bond acceptors (Lipinski definition) is 2. The molecule has 4 heteroatoms. The zero-order valence-corrected chi connectivity index (χ0v) is 13.6. The van der Waals surface area contributed by atoms with Crippen LogP contribution in [0.2, 0.25) is 0 Å². The fourth-order valence-corrected chi connectivity index (χ4v) is 3.31. The van der Waals surface area contributed by atoms with Gasteiger partial charge in [-0.2, -0.15) is 0 Å². The number of aromatic nitrogens is 2. The van der Waals surface area contributed by atoms with E-state index < -0.39 is 0 Å². The molecule has 1 aromatic heterocycles. The van der Waals surface area contributed by atoms with Crippen LogP contribution in [0.1, 0.15) is 44.7 Å². The van der Waals surface area contributed by atoms with E-state index in [4.69, 9.17) is 12.2 Å². The van der Waals surface area contributed by atoms with Gasteiger partial charge in [0.2, 0.25) is 0 Å². The first-order chi connectivity index (χ1) is 10.2. The number of H-pyrrole nitrogens is 1. The quantitative estimate of drug-likeness (QED) is 0.834. The van der Waals surface area contributed by atoms with Gasteiger partial charge in [-0.05, 0) is 61.7 Å². The van der Waals surface area contributed by atoms with E-state index in [0.717, 1.165) is 10.5 Å². The molecule has 1 aromatic carbocycles. The summed E-state index contributed by atoms with van der Waals surface area (Å²) < 4.78 is 2.91. The fourth-order valence-electron chi connectivity index (χ4n) is 3.04. The zero-order valence-electron chi connectivity index (χ0n) is 12.8. The predicted molar refractivity (Wildman–Crippen MR) is 91.1 cm³/mol. The number of nitrogens with one attached hydrogen (secondary N) is 1. The van der Waals surface area contributed by atoms with Crippen molar-refractivity contribution in [2.45, 2.75) is 39.0 Å². The van der Waals surface area contributed by atoms with Crippen LogP contribution in [-0.2, 0) is 0 Å². The molecule has 0 spiro atoms. The Balaban J connectivity index is 1.90. The van der Waals surface area contributed by atoms with Crippen LogP contribution in [0.3, 0.4) is 0 Å². The van der Waals surface area contributed by atoms with Gasteiger partial charge in [0.1, 0.15) is 0 Å². The van der Waals surface area contributed by atoms with Crippen molar-refractivity contribution in [2.75, 3.05) is 18.0 Å². The maximum absolute atomic E-state index is 5.43. The van der Waals surface area contributed by atoms with E-state index >= 15 is 0 Å². The highest BCUT2D eigenvalue weighted by Gasteiger charge is 2.12. The van der Waals surface area contributed by atoms with E-state index in [-0.39, 0.29) is 0 Å². The minimum absolute atomic E-state index is 0.444. The number of aromatic amines is 1. The molecule has 1 aliphatic rings. The summed E-state index contributed by atoms with van der Waals surface area (Å²) in [5.41, 5.74) is 3.70. The van der Waals surface area contributed by atoms with Crippen molar-refractivity contribution in [2.24, 2.45) is 0 Å². The molecule has 0 unspecified atom stereocenters. The van der Waals surface area contributed by atoms with Crippen LogP contribution in [-0.4, -0.2) is 22.6 Å². The molecule has 0 atom stereocenters. The molecular weight excluding hydrogens is 278 g/mol. The van der Waals surface area contributed by atoms with Crippen LogP contribution in [0.5, 0.6) is 0 Å². The second kappa shape index (κ2) is 6.06. The van der Waals surface area contributed by atoms with Gasteiger partial charge in [0, 0.05) is 36.4 Å². The predicted octanol–water partition coefficient (Wildman–Crippen LogP) is 4.65. The Bertz CT molecular complexity index is 645. The van der Waals surface area contributed by atoms with Gasteiger partial charge in [0.15, 0.2) is 4.77 Å². The van der Waals surface area contributed by atoms with Crippen LogP contribution in [0.25, 0.3) is 5.69 Å². The molecule has 0 bridgehead atoms. The highest BCUT2D eigenvalue weighted by atomic mass is 32.1. The molecule has 1 aliphatic heterocycles. The molecule has 0 saturated carbocycles. The number of rotatable bonds is 3. The number of hydrogen-bond donors (Lipinski definition) is 1. The molecule has 2 heterocycles. The van der Waals surface area contributed by atoms with Crippen LogP contribution >= 0.6 is 12.2 Å². The monoisotopic (exact) mass is 301 g/mol. The van der Waals surface area contributed by atoms with Crippen molar-refractivity contribution in [3.63, 3.8) is 0 Å². The lowest BCUT2D eigenvalue weighted by Gasteiger charge is -2.29. The first kappa shape index (κ1) is 14.4. The molecular formula is C17H23N3S. The lowest BCUT2D eigenvalue weighted by atomic mass is 10.1. The van der Waals surface area contributed by atoms with Gasteiger partial charge in [0.05, 0.1) is 0 Å². The molecule has 2 aromatic rings. The number of piperidine rings is 1. The van der Waals surface area contributed by atoms with Gasteiger partial charge in [0.25, 0.3) is 0 Å². The molecule has 1 saturated heterocycles. The van der Waals surface area contributed by atoms with E-state index in [0.29, 0.717) is 5.92 Å². The Hall–Kier alpha value is -1.55. The minimum atomic E-state index is 0.444. The average Bonchev–Trinajstić information content (AvgIpc) is 2.90. The summed E-state index contributed by atoms with van der Waals surface area (Å²) in [6, 6.07) is 8.80. The van der Waals surface area contributed by atoms with Gasteiger partial charge in [-0.3, -0.25) is 4.57 Å². The molecule has 1 fully saturated rings. The standard InChI is InChI=1S/C17H23N3S/c1-13(2)16-12-18-17(21)20(16)15-8-6-14(7-9-15)19-10-4-3-5-11-19/h6-9,12-13H,3-5,10-11H2,1-2H3,(H,18,21). The maximum Gasteiger partial charge on any atom is 0.182 e. The lowest BCUT2D eigenvalue weighted by molar-refractivity contribution is 0.578. The molecule has 21 heavy (non-hydrogen) atoms. The normalized spacial score (nSPS) is 15.7. The number of anilines is 1. The summed E-state index contributed by atoms with van der Waals surface area (Å²) in [6.45, 7) is 6.74. The fraction of sp³-hybridized carbons (Fsp3) is 0.471. The van der Waals surface area contributed by atoms with E-state index in [2.05, 4.69) is 52.6 Å². The minimum Gasteiger partial charge on any atom is -0.372 e. The van der Waals surface area contributed by atoms with Gasteiger partial charge >= 0.3 is 0 Å². The number of benzene rings is 1. The first-order valence-corrected chi connectivity index (χ1v) is 8.23. The third-order valence-corrected chi connectivity index (χ3v) is 4.53. The van der Waals surface area contributed by atoms with Crippen molar-refractivity contribution < 1.29 is 0 Å². The SMILES string of the molecule is CC(C)c1c[nH]c(=S)n1-c1ccc(N2CCCCC2)cc1. The summed E-state index contributed by atoms with van der Waals surface area (Å²) >= 11 is 5.43. The highest BCUT2D eigenvalue weighted by molar-refractivity contribution is 7.71. The topological polar surface area (TPSA) is 24.0 Å². The number of nitrogens with zero attached hydrogens (tertiary/aromatic N) is 2. The van der Waals surface area contributed by atoms with Gasteiger partial charge < -0.3 is 9.88 Å². The second-order valence-electron chi connectivity index (χ2n) is 6.07. The van der Waals surface area contributed by atoms with Crippen molar-refractivity contribution in [1.82, 2.24) is 9.55 Å². The second-order valence-corrected chi connectivity index (χ2v) is 6.46. The summed E-state index contributed by atoms with van der Waals surface area (Å²) in [5.74, 6) is 0.444. The average molecular weight is 301 g/mol. The summed E-state index contributed by atoms with van der Waals surface area (Å²) in [5, 5.41) is 0. The molecule has 112 valence electrons. The van der Waals surface area contributed by atoms with Gasteiger partial charge in [-0.25, -0.2) is 0 Å². The summed E-state index contributed by atoms with van der Waals surface area (Å²) in [6.07, 6.45) is 6.00. The summed E-state index contributed by atoms with van der Waals surface area (Å²) in [4.78, 5) is 5.64. The van der Waals surface area contributed by atoms with E-state index in [1.165, 1.54) is 43.7 Å². The molecule has 0 radical (unpaired) electrons. The van der Waals surface area contributed by atoms with Crippen molar-refractivity contribution in [1.29, 1.82) is 0 Å². The van der Waals surface area contributed by atoms with Crippen LogP contribution in [0.15, 0.2) is 30.5 Å². The van der Waals surface area contributed by atoms with E-state index in [9.17, 15) is 0 Å². The first-order valence-electron chi connectivity index (χ1n) is 7.82. The van der Waals surface area contributed by atoms with E-state index in [1.807, 2.05) is 6.20 Å². The van der Waals surface area contributed by atoms with Gasteiger partial charge in [-0.15, -0.1) is 0 Å². The Morgan fingerprint density at radius 3 is 2.24 bits per heavy atom. The Morgan fingerprint density at radius 1 is 1.00 bits per heavy atom. The molecule has 0 amide bonds. The largest absolute Gasteiger partial charge is 0.372 e. The molecule has 3 rings (SSSR count). The summed E-state index contributed by atoms with van der Waals surface area (Å²) in [7, 11) is 0. The Labute approximate surface area is 131 Å². The molecule has 0 aliphatic carbocycles. The molecule has 1 N–H and O–H groups in total. The van der Waals surface area contributed by atoms with Gasteiger partial charge in [-0.1, -0.05) is 13.8 Å². The van der Waals surface area contributed by atoms with Crippen LogP contribution in [0, 0.1) is 4.77 Å².